The Hall–Kier alpha value is -3.89. The number of aromatic nitrogens is 2. The highest BCUT2D eigenvalue weighted by molar-refractivity contribution is 8.01. The van der Waals surface area contributed by atoms with E-state index in [0.717, 1.165) is 11.8 Å². The van der Waals surface area contributed by atoms with Crippen molar-refractivity contribution < 1.29 is 19.5 Å². The van der Waals surface area contributed by atoms with Crippen molar-refractivity contribution in [1.82, 2.24) is 10.2 Å². The summed E-state index contributed by atoms with van der Waals surface area (Å²) in [6.07, 6.45) is 1.48. The Morgan fingerprint density at radius 1 is 1.20 bits per heavy atom. The summed E-state index contributed by atoms with van der Waals surface area (Å²) in [5, 5.41) is 31.5. The average Bonchev–Trinajstić information content (AvgIpc) is 3.40. The number of carbonyl (C=O) groups is 3. The molecular weight excluding hydrogens is 607 g/mol. The van der Waals surface area contributed by atoms with Gasteiger partial charge in [-0.25, -0.2) is 4.79 Å². The molecule has 0 saturated heterocycles. The first kappa shape index (κ1) is 28.6. The minimum atomic E-state index is -1.05. The van der Waals surface area contributed by atoms with Crippen molar-refractivity contribution in [2.45, 2.75) is 29.5 Å². The zero-order chi connectivity index (χ0) is 29.3. The summed E-state index contributed by atoms with van der Waals surface area (Å²) in [4.78, 5) is 38.4. The van der Waals surface area contributed by atoms with Crippen LogP contribution < -0.4 is 16.0 Å². The van der Waals surface area contributed by atoms with Gasteiger partial charge in [0.25, 0.3) is 0 Å². The molecule has 5 rings (SSSR count). The van der Waals surface area contributed by atoms with Crippen LogP contribution in [0.1, 0.15) is 41.1 Å². The number of aromatic carboxylic acids is 1. The summed E-state index contributed by atoms with van der Waals surface area (Å²) in [6.45, 7) is 0. The van der Waals surface area contributed by atoms with E-state index in [1.165, 1.54) is 35.6 Å². The van der Waals surface area contributed by atoms with E-state index in [9.17, 15) is 19.6 Å². The van der Waals surface area contributed by atoms with Crippen LogP contribution in [0.15, 0.2) is 69.5 Å². The van der Waals surface area contributed by atoms with Crippen LogP contribution >= 0.6 is 46.3 Å². The van der Waals surface area contributed by atoms with Crippen LogP contribution in [0.2, 0.25) is 10.0 Å². The van der Waals surface area contributed by atoms with Crippen molar-refractivity contribution in [3.05, 3.63) is 86.3 Å². The number of allylic oxidation sites excluding steroid dienone is 3. The molecule has 10 nitrogen and oxygen atoms in total. The Balaban J connectivity index is 1.39. The maximum Gasteiger partial charge on any atom is 0.335 e. The summed E-state index contributed by atoms with van der Waals surface area (Å²) < 4.78 is 0.481. The van der Waals surface area contributed by atoms with Crippen LogP contribution in [-0.4, -0.2) is 38.7 Å². The van der Waals surface area contributed by atoms with E-state index >= 15 is 0 Å². The Kier molecular flexibility index (Phi) is 8.32. The first-order chi connectivity index (χ1) is 19.7. The third-order valence-corrected chi connectivity index (χ3v) is 9.12. The van der Waals surface area contributed by atoms with Crippen LogP contribution in [0, 0.1) is 11.3 Å². The van der Waals surface area contributed by atoms with Gasteiger partial charge in [0.1, 0.15) is 5.82 Å². The molecule has 0 saturated carbocycles. The number of nitrogens with two attached hydrogens (primary N) is 1. The van der Waals surface area contributed by atoms with Crippen molar-refractivity contribution in [1.29, 1.82) is 5.26 Å². The monoisotopic (exact) mass is 626 g/mol. The molecule has 0 bridgehead atoms. The molecule has 2 aromatic carbocycles. The summed E-state index contributed by atoms with van der Waals surface area (Å²) >= 11 is 14.9. The van der Waals surface area contributed by atoms with Crippen molar-refractivity contribution in [3.8, 4) is 6.07 Å². The number of rotatable bonds is 7. The molecule has 0 spiro atoms. The van der Waals surface area contributed by atoms with Crippen LogP contribution in [0.25, 0.3) is 0 Å². The number of benzene rings is 2. The highest BCUT2D eigenvalue weighted by atomic mass is 35.5. The Labute approximate surface area is 252 Å². The number of nitrogens with zero attached hydrogens (tertiary/aromatic N) is 4. The van der Waals surface area contributed by atoms with Crippen molar-refractivity contribution in [3.63, 3.8) is 0 Å². The highest BCUT2D eigenvalue weighted by Gasteiger charge is 2.42. The van der Waals surface area contributed by atoms with Gasteiger partial charge in [-0.05, 0) is 54.8 Å². The number of carboxylic acid groups (broad SMARTS) is 1. The number of thioether (sulfide) groups is 1. The number of ketones is 1. The number of carboxylic acids is 1. The van der Waals surface area contributed by atoms with Gasteiger partial charge >= 0.3 is 5.97 Å². The summed E-state index contributed by atoms with van der Waals surface area (Å²) in [6, 6.07) is 12.9. The summed E-state index contributed by atoms with van der Waals surface area (Å²) in [5.41, 5.74) is 8.97. The van der Waals surface area contributed by atoms with Crippen molar-refractivity contribution in [2.24, 2.45) is 5.73 Å². The molecule has 41 heavy (non-hydrogen) atoms. The van der Waals surface area contributed by atoms with E-state index in [-0.39, 0.29) is 34.4 Å². The van der Waals surface area contributed by atoms with Gasteiger partial charge < -0.3 is 16.2 Å². The predicted octanol–water partition coefficient (Wildman–Crippen LogP) is 5.58. The van der Waals surface area contributed by atoms with E-state index in [4.69, 9.17) is 34.0 Å². The van der Waals surface area contributed by atoms with E-state index in [1.54, 1.807) is 23.1 Å². The molecule has 1 aromatic heterocycles. The molecule has 2 heterocycles. The topological polar surface area (TPSA) is 162 Å². The zero-order valence-electron chi connectivity index (χ0n) is 21.1. The second-order valence-electron chi connectivity index (χ2n) is 9.05. The lowest BCUT2D eigenvalue weighted by atomic mass is 9.76. The molecule has 1 aliphatic heterocycles. The molecule has 1 atom stereocenters. The number of hydrogen-bond acceptors (Lipinski definition) is 10. The van der Waals surface area contributed by atoms with Gasteiger partial charge in [-0.15, -0.1) is 10.2 Å². The number of anilines is 2. The normalized spacial score (nSPS) is 16.9. The van der Waals surface area contributed by atoms with Gasteiger partial charge in [0.15, 0.2) is 10.1 Å². The predicted molar refractivity (Wildman–Crippen MR) is 157 cm³/mol. The number of Topliss-reactive ketones (excluding diaryl/α,β-unsaturated/α-hetero) is 1. The quantitative estimate of drug-likeness (QED) is 0.282. The lowest BCUT2D eigenvalue weighted by Crippen LogP contribution is -2.38. The molecule has 14 heteroatoms. The van der Waals surface area contributed by atoms with Crippen LogP contribution in [0.3, 0.4) is 0 Å². The maximum absolute atomic E-state index is 13.3. The minimum absolute atomic E-state index is 0.0215. The van der Waals surface area contributed by atoms with Gasteiger partial charge in [0, 0.05) is 33.4 Å². The van der Waals surface area contributed by atoms with E-state index in [2.05, 4.69) is 21.6 Å². The fourth-order valence-electron chi connectivity index (χ4n) is 4.72. The van der Waals surface area contributed by atoms with Crippen molar-refractivity contribution >= 4 is 74.8 Å². The lowest BCUT2D eigenvalue weighted by molar-refractivity contribution is -0.116. The molecule has 2 aliphatic rings. The Bertz CT molecular complexity index is 1680. The Morgan fingerprint density at radius 2 is 1.95 bits per heavy atom. The summed E-state index contributed by atoms with van der Waals surface area (Å²) in [5.74, 6) is -2.05. The lowest BCUT2D eigenvalue weighted by Gasteiger charge is -2.38. The average molecular weight is 628 g/mol. The van der Waals surface area contributed by atoms with Gasteiger partial charge in [0.05, 0.1) is 28.9 Å². The molecule has 4 N–H and O–H groups in total. The SMILES string of the molecule is N#CC1=C(N)N(c2nnc(SCC(=O)Nc3ccc(C(=O)O)cc3)s2)C2=C(C(=O)CCC2)C1c1ccc(Cl)cc1Cl. The van der Waals surface area contributed by atoms with Gasteiger partial charge in [-0.1, -0.05) is 52.4 Å². The summed E-state index contributed by atoms with van der Waals surface area (Å²) in [7, 11) is 0. The molecule has 0 fully saturated rings. The standard InChI is InChI=1S/C27H20Cl2N6O4S2/c28-14-6-9-16(18(29)10-14)22-17(11-30)24(31)35(19-2-1-3-20(36)23(19)22)26-33-34-27(41-26)40-12-21(37)32-15-7-4-13(5-8-15)25(38)39/h4-10,22H,1-3,12,31H2,(H,32,37)(H,38,39). The van der Waals surface area contributed by atoms with E-state index in [0.29, 0.717) is 61.3 Å². The van der Waals surface area contributed by atoms with Crippen LogP contribution in [0.4, 0.5) is 10.8 Å². The molecule has 1 unspecified atom stereocenters. The second-order valence-corrected chi connectivity index (χ2v) is 12.1. The zero-order valence-corrected chi connectivity index (χ0v) is 24.2. The van der Waals surface area contributed by atoms with Crippen LogP contribution in [0.5, 0.6) is 0 Å². The fraction of sp³-hybridized carbons (Fsp3) is 0.185. The number of nitriles is 1. The number of nitrogens with one attached hydrogen (secondary N) is 1. The smallest absolute Gasteiger partial charge is 0.335 e. The molecule has 3 aromatic rings. The van der Waals surface area contributed by atoms with Gasteiger partial charge in [0.2, 0.25) is 11.0 Å². The molecule has 1 amide bonds. The molecule has 1 aliphatic carbocycles. The van der Waals surface area contributed by atoms with E-state index in [1.807, 2.05) is 0 Å². The fourth-order valence-corrected chi connectivity index (χ4v) is 6.92. The highest BCUT2D eigenvalue weighted by Crippen LogP contribution is 2.48. The van der Waals surface area contributed by atoms with Crippen LogP contribution in [-0.2, 0) is 9.59 Å². The third kappa shape index (κ3) is 5.80. The van der Waals surface area contributed by atoms with Crippen molar-refractivity contribution in [2.75, 3.05) is 16.0 Å². The number of amides is 1. The minimum Gasteiger partial charge on any atom is -0.478 e. The second kappa shape index (κ2) is 11.9. The molecular formula is C27H20Cl2N6O4S2. The number of halogens is 2. The maximum atomic E-state index is 13.3. The Morgan fingerprint density at radius 3 is 2.63 bits per heavy atom. The van der Waals surface area contributed by atoms with Gasteiger partial charge in [-0.3, -0.25) is 14.5 Å². The number of hydrogen-bond donors (Lipinski definition) is 3. The first-order valence-corrected chi connectivity index (χ1v) is 14.7. The largest absolute Gasteiger partial charge is 0.478 e. The molecule has 208 valence electrons. The third-order valence-electron chi connectivity index (χ3n) is 6.52. The van der Waals surface area contributed by atoms with Gasteiger partial charge in [-0.2, -0.15) is 5.26 Å². The number of carbonyl (C=O) groups excluding carboxylic acids is 2. The first-order valence-electron chi connectivity index (χ1n) is 12.2. The van der Waals surface area contributed by atoms with E-state index < -0.39 is 11.9 Å². The molecule has 0 radical (unpaired) electrons.